The smallest absolute Gasteiger partial charge is 0.264 e. The number of hydrogen-bond acceptors (Lipinski definition) is 4. The summed E-state index contributed by atoms with van der Waals surface area (Å²) in [6.45, 7) is 3.34. The number of nitrogens with one attached hydrogen (secondary N) is 1. The lowest BCUT2D eigenvalue weighted by Crippen LogP contribution is -2.53. The van der Waals surface area contributed by atoms with Crippen LogP contribution in [0.3, 0.4) is 0 Å². The number of anilines is 1. The number of carbonyl (C=O) groups is 2. The van der Waals surface area contributed by atoms with Gasteiger partial charge in [-0.25, -0.2) is 8.42 Å². The summed E-state index contributed by atoms with van der Waals surface area (Å²) in [4.78, 5) is 29.0. The van der Waals surface area contributed by atoms with Crippen molar-refractivity contribution >= 4 is 39.1 Å². The van der Waals surface area contributed by atoms with Crippen LogP contribution in [-0.2, 0) is 32.6 Å². The Labute approximate surface area is 248 Å². The highest BCUT2D eigenvalue weighted by Gasteiger charge is 2.33. The third-order valence-corrected chi connectivity index (χ3v) is 9.63. The van der Waals surface area contributed by atoms with Crippen LogP contribution >= 0.6 is 11.6 Å². The molecule has 0 aliphatic heterocycles. The van der Waals surface area contributed by atoms with Gasteiger partial charge in [0.2, 0.25) is 11.8 Å². The lowest BCUT2D eigenvalue weighted by Gasteiger charge is -2.33. The van der Waals surface area contributed by atoms with Crippen LogP contribution < -0.4 is 9.62 Å². The van der Waals surface area contributed by atoms with Crippen molar-refractivity contribution in [2.24, 2.45) is 0 Å². The van der Waals surface area contributed by atoms with Gasteiger partial charge >= 0.3 is 0 Å². The second-order valence-electron chi connectivity index (χ2n) is 10.5. The molecular formula is C32H38ClN3O4S. The lowest BCUT2D eigenvalue weighted by atomic mass is 9.95. The predicted molar refractivity (Wildman–Crippen MR) is 163 cm³/mol. The molecule has 4 rings (SSSR count). The van der Waals surface area contributed by atoms with Crippen LogP contribution in [-0.4, -0.2) is 43.8 Å². The van der Waals surface area contributed by atoms with Gasteiger partial charge in [-0.05, 0) is 73.7 Å². The normalized spacial score (nSPS) is 14.7. The van der Waals surface area contributed by atoms with Gasteiger partial charge < -0.3 is 10.2 Å². The summed E-state index contributed by atoms with van der Waals surface area (Å²) in [5, 5.41) is 3.63. The zero-order valence-electron chi connectivity index (χ0n) is 23.6. The first-order chi connectivity index (χ1) is 19.7. The van der Waals surface area contributed by atoms with Crippen molar-refractivity contribution in [1.82, 2.24) is 10.2 Å². The maximum absolute atomic E-state index is 14.1. The molecule has 1 aliphatic carbocycles. The number of carbonyl (C=O) groups excluding carboxylic acids is 2. The quantitative estimate of drug-likeness (QED) is 0.296. The maximum atomic E-state index is 14.1. The fraction of sp³-hybridized carbons (Fsp3) is 0.375. The van der Waals surface area contributed by atoms with Crippen LogP contribution in [0.2, 0.25) is 5.02 Å². The lowest BCUT2D eigenvalue weighted by molar-refractivity contribution is -0.139. The molecule has 0 aromatic heterocycles. The Kier molecular flexibility index (Phi) is 10.5. The van der Waals surface area contributed by atoms with Gasteiger partial charge in [0.05, 0.1) is 10.6 Å². The van der Waals surface area contributed by atoms with Gasteiger partial charge in [-0.2, -0.15) is 0 Å². The summed E-state index contributed by atoms with van der Waals surface area (Å²) >= 11 is 6.23. The zero-order valence-corrected chi connectivity index (χ0v) is 25.2. The Morgan fingerprint density at radius 1 is 0.927 bits per heavy atom. The molecule has 0 heterocycles. The molecule has 7 nitrogen and oxygen atoms in total. The van der Waals surface area contributed by atoms with Crippen molar-refractivity contribution in [3.05, 3.63) is 95.0 Å². The summed E-state index contributed by atoms with van der Waals surface area (Å²) in [5.74, 6) is -0.743. The minimum Gasteiger partial charge on any atom is -0.352 e. The third-order valence-electron chi connectivity index (χ3n) is 7.60. The number of rotatable bonds is 11. The molecule has 218 valence electrons. The van der Waals surface area contributed by atoms with Crippen molar-refractivity contribution in [3.63, 3.8) is 0 Å². The molecule has 3 aromatic rings. The van der Waals surface area contributed by atoms with E-state index in [-0.39, 0.29) is 23.4 Å². The highest BCUT2D eigenvalue weighted by atomic mass is 35.5. The fourth-order valence-corrected chi connectivity index (χ4v) is 6.78. The van der Waals surface area contributed by atoms with E-state index < -0.39 is 28.5 Å². The van der Waals surface area contributed by atoms with Gasteiger partial charge in [-0.1, -0.05) is 80.3 Å². The molecule has 41 heavy (non-hydrogen) atoms. The van der Waals surface area contributed by atoms with Crippen molar-refractivity contribution in [1.29, 1.82) is 0 Å². The third kappa shape index (κ3) is 7.89. The summed E-state index contributed by atoms with van der Waals surface area (Å²) in [7, 11) is -4.09. The van der Waals surface area contributed by atoms with E-state index in [2.05, 4.69) is 5.32 Å². The van der Waals surface area contributed by atoms with Crippen LogP contribution in [0.5, 0.6) is 0 Å². The molecule has 3 aromatic carbocycles. The second kappa shape index (κ2) is 14.0. The van der Waals surface area contributed by atoms with Gasteiger partial charge in [0, 0.05) is 17.6 Å². The molecule has 0 radical (unpaired) electrons. The van der Waals surface area contributed by atoms with Gasteiger partial charge in [0.25, 0.3) is 10.0 Å². The SMILES string of the molecule is CCc1ccc(N(CC(=O)N(Cc2cccc(Cl)c2)[C@H](C)C(=O)NC2CCCCC2)S(=O)(=O)c2ccccc2)cc1. The van der Waals surface area contributed by atoms with Crippen LogP contribution in [0.25, 0.3) is 0 Å². The molecule has 0 unspecified atom stereocenters. The molecule has 0 saturated heterocycles. The van der Waals surface area contributed by atoms with E-state index in [1.165, 1.54) is 17.0 Å². The second-order valence-corrected chi connectivity index (χ2v) is 12.8. The number of nitrogens with zero attached hydrogens (tertiary/aromatic N) is 2. The summed E-state index contributed by atoms with van der Waals surface area (Å²) < 4.78 is 28.9. The van der Waals surface area contributed by atoms with E-state index in [0.29, 0.717) is 10.7 Å². The van der Waals surface area contributed by atoms with Crippen molar-refractivity contribution < 1.29 is 18.0 Å². The first-order valence-corrected chi connectivity index (χ1v) is 16.0. The van der Waals surface area contributed by atoms with Crippen LogP contribution in [0.4, 0.5) is 5.69 Å². The van der Waals surface area contributed by atoms with Crippen molar-refractivity contribution in [2.45, 2.75) is 75.9 Å². The van der Waals surface area contributed by atoms with Crippen LogP contribution in [0.15, 0.2) is 83.8 Å². The summed E-state index contributed by atoms with van der Waals surface area (Å²) in [6, 6.07) is 21.6. The average Bonchev–Trinajstić information content (AvgIpc) is 2.99. The largest absolute Gasteiger partial charge is 0.352 e. The van der Waals surface area contributed by atoms with Crippen molar-refractivity contribution in [3.8, 4) is 0 Å². The molecule has 2 amide bonds. The number of sulfonamides is 1. The minimum absolute atomic E-state index is 0.0776. The molecule has 1 fully saturated rings. The molecule has 1 atom stereocenters. The highest BCUT2D eigenvalue weighted by molar-refractivity contribution is 7.92. The first-order valence-electron chi connectivity index (χ1n) is 14.2. The zero-order chi connectivity index (χ0) is 29.4. The van der Waals surface area contributed by atoms with E-state index in [9.17, 15) is 18.0 Å². The number of halogens is 1. The van der Waals surface area contributed by atoms with E-state index in [4.69, 9.17) is 11.6 Å². The van der Waals surface area contributed by atoms with Crippen LogP contribution in [0, 0.1) is 0 Å². The number of hydrogen-bond donors (Lipinski definition) is 1. The molecule has 1 aliphatic rings. The van der Waals surface area contributed by atoms with Gasteiger partial charge in [-0.3, -0.25) is 13.9 Å². The monoisotopic (exact) mass is 595 g/mol. The van der Waals surface area contributed by atoms with Gasteiger partial charge in [-0.15, -0.1) is 0 Å². The Bertz CT molecular complexity index is 1420. The average molecular weight is 596 g/mol. The molecular weight excluding hydrogens is 558 g/mol. The van der Waals surface area contributed by atoms with E-state index in [0.717, 1.165) is 54.0 Å². The summed E-state index contributed by atoms with van der Waals surface area (Å²) in [6.07, 6.45) is 5.91. The number of aryl methyl sites for hydroxylation is 1. The van der Waals surface area contributed by atoms with E-state index >= 15 is 0 Å². The summed E-state index contributed by atoms with van der Waals surface area (Å²) in [5.41, 5.74) is 2.17. The van der Waals surface area contributed by atoms with Gasteiger partial charge in [0.1, 0.15) is 12.6 Å². The number of benzene rings is 3. The topological polar surface area (TPSA) is 86.8 Å². The first kappa shape index (κ1) is 30.6. The van der Waals surface area contributed by atoms with Crippen molar-refractivity contribution in [2.75, 3.05) is 10.8 Å². The molecule has 0 bridgehead atoms. The van der Waals surface area contributed by atoms with E-state index in [1.807, 2.05) is 25.1 Å². The van der Waals surface area contributed by atoms with Gasteiger partial charge in [0.15, 0.2) is 0 Å². The Morgan fingerprint density at radius 2 is 1.61 bits per heavy atom. The standard InChI is InChI=1S/C32H38ClN3O4S/c1-3-25-17-19-29(20-18-25)36(41(39,40)30-15-8-5-9-16-30)23-31(37)35(22-26-11-10-12-27(33)21-26)24(2)32(38)34-28-13-6-4-7-14-28/h5,8-12,15-21,24,28H,3-4,6-7,13-14,22-23H2,1-2H3,(H,34,38)/t24-/m1/s1. The predicted octanol–water partition coefficient (Wildman–Crippen LogP) is 5.96. The molecule has 1 N–H and O–H groups in total. The van der Waals surface area contributed by atoms with Crippen LogP contribution in [0.1, 0.15) is 57.1 Å². The van der Waals surface area contributed by atoms with E-state index in [1.54, 1.807) is 55.5 Å². The highest BCUT2D eigenvalue weighted by Crippen LogP contribution is 2.26. The fourth-order valence-electron chi connectivity index (χ4n) is 5.13. The maximum Gasteiger partial charge on any atom is 0.264 e. The molecule has 9 heteroatoms. The Balaban J connectivity index is 1.67. The Morgan fingerprint density at radius 3 is 2.24 bits per heavy atom. The number of amides is 2. The minimum atomic E-state index is -4.09. The Hall–Kier alpha value is -3.36. The molecule has 0 spiro atoms. The molecule has 1 saturated carbocycles.